The van der Waals surface area contributed by atoms with Gasteiger partial charge in [-0.15, -0.1) is 0 Å². The van der Waals surface area contributed by atoms with E-state index in [1.807, 2.05) is 6.92 Å². The van der Waals surface area contributed by atoms with E-state index in [4.69, 9.17) is 4.74 Å². The fraction of sp³-hybridized carbons (Fsp3) is 0.286. The number of hydrogen-bond acceptors (Lipinski definition) is 3. The molecule has 0 radical (unpaired) electrons. The van der Waals surface area contributed by atoms with Gasteiger partial charge in [-0.2, -0.15) is 4.98 Å². The third kappa shape index (κ3) is 2.92. The van der Waals surface area contributed by atoms with E-state index in [1.165, 1.54) is 12.1 Å². The molecule has 1 aliphatic rings. The molecule has 0 bridgehead atoms. The molecule has 1 aromatic carbocycles. The van der Waals surface area contributed by atoms with Crippen LogP contribution in [0.4, 0.5) is 4.39 Å². The van der Waals surface area contributed by atoms with Crippen molar-refractivity contribution in [3.8, 4) is 11.6 Å². The zero-order valence-electron chi connectivity index (χ0n) is 10.4. The van der Waals surface area contributed by atoms with Crippen molar-refractivity contribution in [3.05, 3.63) is 46.1 Å². The lowest BCUT2D eigenvalue weighted by atomic mass is 10.2. The van der Waals surface area contributed by atoms with Gasteiger partial charge in [0.25, 0.3) is 0 Å². The second-order valence-corrected chi connectivity index (χ2v) is 5.49. The van der Waals surface area contributed by atoms with Crippen molar-refractivity contribution >= 4 is 15.9 Å². The lowest BCUT2D eigenvalue weighted by molar-refractivity contribution is 0.450. The van der Waals surface area contributed by atoms with Crippen molar-refractivity contribution in [2.75, 3.05) is 0 Å². The summed E-state index contributed by atoms with van der Waals surface area (Å²) >= 11 is 3.35. The normalized spacial score (nSPS) is 14.5. The molecule has 0 atom stereocenters. The second kappa shape index (κ2) is 4.89. The van der Waals surface area contributed by atoms with Gasteiger partial charge in [0.05, 0.1) is 0 Å². The molecule has 2 aromatic rings. The first-order chi connectivity index (χ1) is 9.11. The Bertz CT molecular complexity index is 629. The highest BCUT2D eigenvalue weighted by Gasteiger charge is 2.27. The molecule has 0 spiro atoms. The van der Waals surface area contributed by atoms with Gasteiger partial charge in [0.2, 0.25) is 5.88 Å². The monoisotopic (exact) mass is 322 g/mol. The SMILES string of the molecule is Cc1ccc(F)cc1Oc1cc(Br)nc(C2CC2)n1. The van der Waals surface area contributed by atoms with Gasteiger partial charge in [-0.25, -0.2) is 9.37 Å². The molecule has 1 aliphatic carbocycles. The van der Waals surface area contributed by atoms with Gasteiger partial charge in [-0.05, 0) is 47.3 Å². The Hall–Kier alpha value is -1.49. The highest BCUT2D eigenvalue weighted by atomic mass is 79.9. The minimum atomic E-state index is -0.323. The van der Waals surface area contributed by atoms with E-state index >= 15 is 0 Å². The first-order valence-corrected chi connectivity index (χ1v) is 6.89. The maximum absolute atomic E-state index is 13.2. The second-order valence-electron chi connectivity index (χ2n) is 4.67. The van der Waals surface area contributed by atoms with Crippen LogP contribution in [0, 0.1) is 12.7 Å². The minimum Gasteiger partial charge on any atom is -0.438 e. The van der Waals surface area contributed by atoms with Gasteiger partial charge in [0.15, 0.2) is 0 Å². The number of ether oxygens (including phenoxy) is 1. The fourth-order valence-corrected chi connectivity index (χ4v) is 2.16. The molecular formula is C14H12BrFN2O. The first kappa shape index (κ1) is 12.5. The highest BCUT2D eigenvalue weighted by molar-refractivity contribution is 9.10. The van der Waals surface area contributed by atoms with Crippen molar-refractivity contribution in [1.29, 1.82) is 0 Å². The number of aryl methyl sites for hydroxylation is 1. The zero-order chi connectivity index (χ0) is 13.4. The Morgan fingerprint density at radius 2 is 2.05 bits per heavy atom. The highest BCUT2D eigenvalue weighted by Crippen LogP contribution is 2.39. The smallest absolute Gasteiger partial charge is 0.223 e. The Balaban J connectivity index is 1.92. The van der Waals surface area contributed by atoms with E-state index in [9.17, 15) is 4.39 Å². The van der Waals surface area contributed by atoms with Crippen molar-refractivity contribution in [2.45, 2.75) is 25.7 Å². The minimum absolute atomic E-state index is 0.323. The molecule has 1 aromatic heterocycles. The molecule has 3 nitrogen and oxygen atoms in total. The van der Waals surface area contributed by atoms with Crippen LogP contribution in [-0.2, 0) is 0 Å². The Labute approximate surface area is 119 Å². The van der Waals surface area contributed by atoms with Crippen LogP contribution in [0.15, 0.2) is 28.9 Å². The molecule has 98 valence electrons. The van der Waals surface area contributed by atoms with Crippen molar-refractivity contribution in [1.82, 2.24) is 9.97 Å². The Kier molecular flexibility index (Phi) is 3.22. The summed E-state index contributed by atoms with van der Waals surface area (Å²) in [4.78, 5) is 8.70. The van der Waals surface area contributed by atoms with Gasteiger partial charge in [0, 0.05) is 18.1 Å². The fourth-order valence-electron chi connectivity index (χ4n) is 1.79. The number of rotatable bonds is 3. The molecule has 0 unspecified atom stereocenters. The van der Waals surface area contributed by atoms with E-state index in [0.717, 1.165) is 24.2 Å². The third-order valence-corrected chi connectivity index (χ3v) is 3.40. The maximum atomic E-state index is 13.2. The summed E-state index contributed by atoms with van der Waals surface area (Å²) < 4.78 is 19.6. The summed E-state index contributed by atoms with van der Waals surface area (Å²) in [6.07, 6.45) is 2.24. The molecule has 1 saturated carbocycles. The molecule has 19 heavy (non-hydrogen) atoms. The van der Waals surface area contributed by atoms with Crippen molar-refractivity contribution < 1.29 is 9.13 Å². The molecule has 0 aliphatic heterocycles. The van der Waals surface area contributed by atoms with Crippen LogP contribution < -0.4 is 4.74 Å². The van der Waals surface area contributed by atoms with E-state index in [0.29, 0.717) is 22.2 Å². The summed E-state index contributed by atoms with van der Waals surface area (Å²) in [7, 11) is 0. The quantitative estimate of drug-likeness (QED) is 0.788. The van der Waals surface area contributed by atoms with Crippen LogP contribution in [0.2, 0.25) is 0 Å². The van der Waals surface area contributed by atoms with Crippen LogP contribution in [0.3, 0.4) is 0 Å². The standard InChI is InChI=1S/C14H12BrFN2O/c1-8-2-5-10(16)6-11(8)19-13-7-12(15)17-14(18-13)9-3-4-9/h2,5-7,9H,3-4H2,1H3. The summed E-state index contributed by atoms with van der Waals surface area (Å²) in [5.74, 6) is 1.83. The van der Waals surface area contributed by atoms with Crippen molar-refractivity contribution in [3.63, 3.8) is 0 Å². The Morgan fingerprint density at radius 1 is 1.26 bits per heavy atom. The molecular weight excluding hydrogens is 311 g/mol. The summed E-state index contributed by atoms with van der Waals surface area (Å²) in [6, 6.07) is 6.15. The van der Waals surface area contributed by atoms with Crippen LogP contribution in [0.1, 0.15) is 30.1 Å². The molecule has 0 saturated heterocycles. The average molecular weight is 323 g/mol. The summed E-state index contributed by atoms with van der Waals surface area (Å²) in [6.45, 7) is 1.87. The lowest BCUT2D eigenvalue weighted by Crippen LogP contribution is -1.97. The van der Waals surface area contributed by atoms with E-state index in [2.05, 4.69) is 25.9 Å². The number of aromatic nitrogens is 2. The van der Waals surface area contributed by atoms with Crippen LogP contribution in [-0.4, -0.2) is 9.97 Å². The predicted octanol–water partition coefficient (Wildman–Crippen LogP) is 4.36. The van der Waals surface area contributed by atoms with Gasteiger partial charge in [-0.3, -0.25) is 0 Å². The molecule has 0 amide bonds. The van der Waals surface area contributed by atoms with E-state index < -0.39 is 0 Å². The molecule has 1 heterocycles. The summed E-state index contributed by atoms with van der Waals surface area (Å²) in [5, 5.41) is 0. The number of hydrogen-bond donors (Lipinski definition) is 0. The number of benzene rings is 1. The maximum Gasteiger partial charge on any atom is 0.223 e. The van der Waals surface area contributed by atoms with Crippen LogP contribution >= 0.6 is 15.9 Å². The summed E-state index contributed by atoms with van der Waals surface area (Å²) in [5.41, 5.74) is 0.865. The van der Waals surface area contributed by atoms with Crippen LogP contribution in [0.5, 0.6) is 11.6 Å². The third-order valence-electron chi connectivity index (χ3n) is 3.00. The van der Waals surface area contributed by atoms with Crippen molar-refractivity contribution in [2.24, 2.45) is 0 Å². The number of nitrogens with zero attached hydrogens (tertiary/aromatic N) is 2. The van der Waals surface area contributed by atoms with E-state index in [1.54, 1.807) is 12.1 Å². The van der Waals surface area contributed by atoms with Gasteiger partial charge >= 0.3 is 0 Å². The predicted molar refractivity (Wildman–Crippen MR) is 72.9 cm³/mol. The Morgan fingerprint density at radius 3 is 2.79 bits per heavy atom. The first-order valence-electron chi connectivity index (χ1n) is 6.10. The molecule has 5 heteroatoms. The van der Waals surface area contributed by atoms with Gasteiger partial charge < -0.3 is 4.74 Å². The molecule has 3 rings (SSSR count). The van der Waals surface area contributed by atoms with E-state index in [-0.39, 0.29) is 5.82 Å². The van der Waals surface area contributed by atoms with Crippen LogP contribution in [0.25, 0.3) is 0 Å². The van der Waals surface area contributed by atoms with Gasteiger partial charge in [0.1, 0.15) is 22.0 Å². The lowest BCUT2D eigenvalue weighted by Gasteiger charge is -2.09. The molecule has 1 fully saturated rings. The molecule has 0 N–H and O–H groups in total. The zero-order valence-corrected chi connectivity index (χ0v) is 11.9. The largest absolute Gasteiger partial charge is 0.438 e. The average Bonchev–Trinajstić information content (AvgIpc) is 3.17. The van der Waals surface area contributed by atoms with Gasteiger partial charge in [-0.1, -0.05) is 6.07 Å². The number of halogens is 2. The topological polar surface area (TPSA) is 35.0 Å².